The number of benzene rings is 1. The second-order valence-electron chi connectivity index (χ2n) is 6.25. The fourth-order valence-electron chi connectivity index (χ4n) is 3.64. The minimum absolute atomic E-state index is 0.0373. The fourth-order valence-corrected chi connectivity index (χ4v) is 3.64. The predicted molar refractivity (Wildman–Crippen MR) is 85.1 cm³/mol. The molecular weight excluding hydrogens is 292 g/mol. The zero-order valence-corrected chi connectivity index (χ0v) is 12.9. The van der Waals surface area contributed by atoms with Crippen LogP contribution in [-0.4, -0.2) is 36.3 Å². The van der Waals surface area contributed by atoms with Crippen LogP contribution in [0.15, 0.2) is 47.1 Å². The molecule has 23 heavy (non-hydrogen) atoms. The second-order valence-corrected chi connectivity index (χ2v) is 6.25. The van der Waals surface area contributed by atoms with Gasteiger partial charge in [-0.25, -0.2) is 0 Å². The van der Waals surface area contributed by atoms with E-state index in [-0.39, 0.29) is 23.7 Å². The van der Waals surface area contributed by atoms with Gasteiger partial charge >= 0.3 is 0 Å². The molecular formula is C18H18N2O3. The van der Waals surface area contributed by atoms with Crippen molar-refractivity contribution in [2.45, 2.75) is 6.92 Å². The lowest BCUT2D eigenvalue weighted by molar-refractivity contribution is -0.120. The molecule has 0 bridgehead atoms. The van der Waals surface area contributed by atoms with Crippen molar-refractivity contribution in [2.75, 3.05) is 24.5 Å². The Kier molecular flexibility index (Phi) is 3.22. The van der Waals surface area contributed by atoms with Crippen LogP contribution in [0.4, 0.5) is 5.69 Å². The summed E-state index contributed by atoms with van der Waals surface area (Å²) in [6, 6.07) is 11.4. The zero-order valence-electron chi connectivity index (χ0n) is 12.9. The largest absolute Gasteiger partial charge is 0.469 e. The predicted octanol–water partition coefficient (Wildman–Crippen LogP) is 2.32. The normalized spacial score (nSPS) is 23.4. The number of fused-ring (bicyclic) bond motifs is 1. The van der Waals surface area contributed by atoms with E-state index in [1.165, 1.54) is 6.26 Å². The van der Waals surface area contributed by atoms with Crippen molar-refractivity contribution in [3.05, 3.63) is 54.0 Å². The lowest BCUT2D eigenvalue weighted by atomic mass is 10.0. The summed E-state index contributed by atoms with van der Waals surface area (Å²) in [7, 11) is 0. The summed E-state index contributed by atoms with van der Waals surface area (Å²) in [6.07, 6.45) is 1.53. The van der Waals surface area contributed by atoms with E-state index in [4.69, 9.17) is 4.42 Å². The van der Waals surface area contributed by atoms with Gasteiger partial charge in [0.05, 0.1) is 17.7 Å². The summed E-state index contributed by atoms with van der Waals surface area (Å²) in [5.41, 5.74) is 1.53. The van der Waals surface area contributed by atoms with Crippen LogP contribution in [0.3, 0.4) is 0 Å². The summed E-state index contributed by atoms with van der Waals surface area (Å²) in [4.78, 5) is 28.9. The smallest absolute Gasteiger partial charge is 0.257 e. The maximum atomic E-state index is 12.7. The first kappa shape index (κ1) is 14.1. The summed E-state index contributed by atoms with van der Waals surface area (Å²) in [5.74, 6) is 0.833. The zero-order chi connectivity index (χ0) is 16.0. The van der Waals surface area contributed by atoms with Crippen molar-refractivity contribution in [3.8, 4) is 0 Å². The van der Waals surface area contributed by atoms with Crippen LogP contribution in [0.1, 0.15) is 16.1 Å². The van der Waals surface area contributed by atoms with Gasteiger partial charge in [0.25, 0.3) is 5.91 Å². The third kappa shape index (κ3) is 2.23. The molecule has 2 saturated heterocycles. The van der Waals surface area contributed by atoms with Crippen LogP contribution >= 0.6 is 0 Å². The molecule has 118 valence electrons. The van der Waals surface area contributed by atoms with E-state index in [9.17, 15) is 9.59 Å². The molecule has 0 radical (unpaired) electrons. The molecule has 5 heteroatoms. The third-order valence-corrected chi connectivity index (χ3v) is 4.89. The average molecular weight is 310 g/mol. The Bertz CT molecular complexity index is 753. The Morgan fingerprint density at radius 2 is 1.91 bits per heavy atom. The molecule has 3 heterocycles. The molecule has 4 rings (SSSR count). The minimum atomic E-state index is -0.0913. The SMILES string of the molecule is Cc1occc1C(=O)N1C[C@H]2CN(c3ccccc3)C(=O)[C@H]2C1. The van der Waals surface area contributed by atoms with Gasteiger partial charge in [-0.05, 0) is 25.1 Å². The first-order chi connectivity index (χ1) is 11.1. The van der Waals surface area contributed by atoms with E-state index in [2.05, 4.69) is 0 Å². The number of anilines is 1. The standard InChI is InChI=1S/C18H18N2O3/c1-12-15(7-8-23-12)17(21)19-9-13-10-20(18(22)16(13)11-19)14-5-3-2-4-6-14/h2-8,13,16H,9-11H2,1H3/t13-,16-/m0/s1. The maximum Gasteiger partial charge on any atom is 0.257 e. The molecule has 2 fully saturated rings. The van der Waals surface area contributed by atoms with Gasteiger partial charge in [-0.15, -0.1) is 0 Å². The van der Waals surface area contributed by atoms with Gasteiger partial charge in [0.2, 0.25) is 5.91 Å². The highest BCUT2D eigenvalue weighted by molar-refractivity contribution is 6.00. The molecule has 5 nitrogen and oxygen atoms in total. The molecule has 2 aliphatic rings. The topological polar surface area (TPSA) is 53.8 Å². The number of amides is 2. The van der Waals surface area contributed by atoms with E-state index in [1.54, 1.807) is 17.9 Å². The molecule has 0 spiro atoms. The maximum absolute atomic E-state index is 12.7. The highest BCUT2D eigenvalue weighted by Gasteiger charge is 2.48. The van der Waals surface area contributed by atoms with E-state index in [0.717, 1.165) is 5.69 Å². The first-order valence-corrected chi connectivity index (χ1v) is 7.85. The number of furan rings is 1. The number of aryl methyl sites for hydroxylation is 1. The van der Waals surface area contributed by atoms with Crippen LogP contribution in [0, 0.1) is 18.8 Å². The van der Waals surface area contributed by atoms with Crippen molar-refractivity contribution in [2.24, 2.45) is 11.8 Å². The van der Waals surface area contributed by atoms with E-state index in [0.29, 0.717) is 31.0 Å². The molecule has 2 aliphatic heterocycles. The van der Waals surface area contributed by atoms with Crippen molar-refractivity contribution in [1.29, 1.82) is 0 Å². The summed E-state index contributed by atoms with van der Waals surface area (Å²) >= 11 is 0. The van der Waals surface area contributed by atoms with Crippen molar-refractivity contribution in [1.82, 2.24) is 4.90 Å². The average Bonchev–Trinajstić information content (AvgIpc) is 3.24. The highest BCUT2D eigenvalue weighted by Crippen LogP contribution is 2.35. The quantitative estimate of drug-likeness (QED) is 0.855. The van der Waals surface area contributed by atoms with Crippen molar-refractivity contribution < 1.29 is 14.0 Å². The number of para-hydroxylation sites is 1. The van der Waals surface area contributed by atoms with Gasteiger partial charge in [0, 0.05) is 31.2 Å². The van der Waals surface area contributed by atoms with Crippen LogP contribution < -0.4 is 4.90 Å². The first-order valence-electron chi connectivity index (χ1n) is 7.85. The monoisotopic (exact) mass is 310 g/mol. The number of hydrogen-bond donors (Lipinski definition) is 0. The number of hydrogen-bond acceptors (Lipinski definition) is 3. The van der Waals surface area contributed by atoms with E-state index < -0.39 is 0 Å². The number of likely N-dealkylation sites (tertiary alicyclic amines) is 1. The third-order valence-electron chi connectivity index (χ3n) is 4.89. The molecule has 0 unspecified atom stereocenters. The lowest BCUT2D eigenvalue weighted by Crippen LogP contribution is -2.35. The Balaban J connectivity index is 1.50. The Hall–Kier alpha value is -2.56. The summed E-state index contributed by atoms with van der Waals surface area (Å²) in [6.45, 7) is 3.59. The minimum Gasteiger partial charge on any atom is -0.469 e. The van der Waals surface area contributed by atoms with E-state index >= 15 is 0 Å². The fraction of sp³-hybridized carbons (Fsp3) is 0.333. The van der Waals surface area contributed by atoms with E-state index in [1.807, 2.05) is 35.2 Å². The van der Waals surface area contributed by atoms with Crippen LogP contribution in [0.25, 0.3) is 0 Å². The van der Waals surface area contributed by atoms with Crippen LogP contribution in [-0.2, 0) is 4.79 Å². The molecule has 2 amide bonds. The van der Waals surface area contributed by atoms with Crippen LogP contribution in [0.2, 0.25) is 0 Å². The van der Waals surface area contributed by atoms with Crippen molar-refractivity contribution in [3.63, 3.8) is 0 Å². The van der Waals surface area contributed by atoms with Gasteiger partial charge in [-0.3, -0.25) is 9.59 Å². The Labute approximate surface area is 134 Å². The molecule has 0 N–H and O–H groups in total. The Morgan fingerprint density at radius 1 is 1.13 bits per heavy atom. The van der Waals surface area contributed by atoms with Gasteiger partial charge in [0.15, 0.2) is 0 Å². The summed E-state index contributed by atoms with van der Waals surface area (Å²) in [5, 5.41) is 0. The number of nitrogens with zero attached hydrogens (tertiary/aromatic N) is 2. The van der Waals surface area contributed by atoms with Gasteiger partial charge < -0.3 is 14.2 Å². The van der Waals surface area contributed by atoms with Gasteiger partial charge in [0.1, 0.15) is 5.76 Å². The highest BCUT2D eigenvalue weighted by atomic mass is 16.3. The molecule has 2 atom stereocenters. The molecule has 1 aromatic heterocycles. The molecule has 0 saturated carbocycles. The van der Waals surface area contributed by atoms with Crippen LogP contribution in [0.5, 0.6) is 0 Å². The number of carbonyl (C=O) groups is 2. The number of rotatable bonds is 2. The lowest BCUT2D eigenvalue weighted by Gasteiger charge is -2.21. The molecule has 1 aromatic carbocycles. The number of carbonyl (C=O) groups excluding carboxylic acids is 2. The Morgan fingerprint density at radius 3 is 2.57 bits per heavy atom. The van der Waals surface area contributed by atoms with Crippen molar-refractivity contribution >= 4 is 17.5 Å². The molecule has 0 aliphatic carbocycles. The van der Waals surface area contributed by atoms with Gasteiger partial charge in [-0.1, -0.05) is 18.2 Å². The second kappa shape index (κ2) is 5.26. The molecule has 2 aromatic rings. The summed E-state index contributed by atoms with van der Waals surface area (Å²) < 4.78 is 5.21. The van der Waals surface area contributed by atoms with Gasteiger partial charge in [-0.2, -0.15) is 0 Å².